The summed E-state index contributed by atoms with van der Waals surface area (Å²) in [5.41, 5.74) is 1.19. The zero-order valence-electron chi connectivity index (χ0n) is 8.98. The Balaban J connectivity index is 3.26. The molecule has 1 unspecified atom stereocenters. The third-order valence-corrected chi connectivity index (χ3v) is 3.58. The van der Waals surface area contributed by atoms with Crippen molar-refractivity contribution in [2.24, 2.45) is 0 Å². The van der Waals surface area contributed by atoms with Crippen LogP contribution in [-0.2, 0) is 9.59 Å². The number of aliphatic carboxylic acids is 1. The van der Waals surface area contributed by atoms with Crippen molar-refractivity contribution in [2.45, 2.75) is 11.8 Å². The van der Waals surface area contributed by atoms with Crippen LogP contribution in [0.5, 0.6) is 0 Å². The highest BCUT2D eigenvalue weighted by Crippen LogP contribution is 2.31. The number of Topliss-reactive ketones (excluding diaryl/α,β-unsaturated/α-hetero) is 1. The van der Waals surface area contributed by atoms with E-state index in [2.05, 4.69) is 15.9 Å². The van der Waals surface area contributed by atoms with Gasteiger partial charge in [-0.25, -0.2) is 4.79 Å². The van der Waals surface area contributed by atoms with Gasteiger partial charge < -0.3 is 5.11 Å². The van der Waals surface area contributed by atoms with Crippen LogP contribution in [0.4, 0.5) is 0 Å². The summed E-state index contributed by atoms with van der Waals surface area (Å²) >= 11 is 9.24. The quantitative estimate of drug-likeness (QED) is 0.683. The minimum atomic E-state index is -1.06. The van der Waals surface area contributed by atoms with Gasteiger partial charge >= 0.3 is 5.97 Å². The molecule has 1 atom stereocenters. The molecule has 0 saturated heterocycles. The molecule has 0 heterocycles. The fourth-order valence-electron chi connectivity index (χ4n) is 1.32. The van der Waals surface area contributed by atoms with Gasteiger partial charge in [0.25, 0.3) is 0 Å². The number of carbonyl (C=O) groups excluding carboxylic acids is 1. The molecule has 1 N–H and O–H groups in total. The minimum Gasteiger partial charge on any atom is -0.478 e. The largest absolute Gasteiger partial charge is 0.478 e. The summed E-state index contributed by atoms with van der Waals surface area (Å²) in [4.78, 5) is 21.3. The molecule has 0 bridgehead atoms. The van der Waals surface area contributed by atoms with Crippen molar-refractivity contribution < 1.29 is 14.7 Å². The first kappa shape index (κ1) is 13.9. The predicted octanol–water partition coefficient (Wildman–Crippen LogP) is 3.46. The Bertz CT molecular complexity index is 483. The maximum Gasteiger partial charge on any atom is 0.328 e. The molecule has 1 aromatic rings. The van der Waals surface area contributed by atoms with Crippen LogP contribution in [0.15, 0.2) is 24.3 Å². The van der Waals surface area contributed by atoms with E-state index in [0.29, 0.717) is 16.1 Å². The summed E-state index contributed by atoms with van der Waals surface area (Å²) in [5, 5.41) is 9.00. The lowest BCUT2D eigenvalue weighted by Gasteiger charge is -2.11. The van der Waals surface area contributed by atoms with E-state index in [-0.39, 0.29) is 5.78 Å². The average Bonchev–Trinajstić information content (AvgIpc) is 2.25. The fourth-order valence-corrected chi connectivity index (χ4v) is 1.97. The van der Waals surface area contributed by atoms with Gasteiger partial charge in [0, 0.05) is 11.1 Å². The standard InChI is InChI=1S/C12H10BrClO3/c1-7(15)12(13)9-3-2-4-10(14)8(9)5-6-11(16)17/h2-6,12H,1H3,(H,16,17). The molecule has 90 valence electrons. The normalized spacial score (nSPS) is 12.6. The third kappa shape index (κ3) is 3.68. The number of carboxylic acids is 1. The van der Waals surface area contributed by atoms with Gasteiger partial charge in [-0.05, 0) is 30.2 Å². The molecule has 3 nitrogen and oxygen atoms in total. The van der Waals surface area contributed by atoms with Crippen LogP contribution in [0, 0.1) is 0 Å². The van der Waals surface area contributed by atoms with Crippen LogP contribution < -0.4 is 0 Å². The second-order valence-electron chi connectivity index (χ2n) is 3.39. The van der Waals surface area contributed by atoms with Crippen LogP contribution in [0.3, 0.4) is 0 Å². The summed E-state index contributed by atoms with van der Waals surface area (Å²) in [6.07, 6.45) is 2.38. The maximum atomic E-state index is 11.3. The molecule has 0 aliphatic heterocycles. The second kappa shape index (κ2) is 5.98. The van der Waals surface area contributed by atoms with Crippen LogP contribution in [0.25, 0.3) is 6.08 Å². The third-order valence-electron chi connectivity index (χ3n) is 2.11. The van der Waals surface area contributed by atoms with Crippen LogP contribution in [-0.4, -0.2) is 16.9 Å². The van der Waals surface area contributed by atoms with Gasteiger partial charge in [-0.15, -0.1) is 0 Å². The van der Waals surface area contributed by atoms with Gasteiger partial charge in [0.15, 0.2) is 0 Å². The maximum absolute atomic E-state index is 11.3. The average molecular weight is 318 g/mol. The Kier molecular flexibility index (Phi) is 4.90. The minimum absolute atomic E-state index is 0.0720. The Labute approximate surface area is 112 Å². The van der Waals surface area contributed by atoms with Gasteiger partial charge in [0.2, 0.25) is 0 Å². The van der Waals surface area contributed by atoms with E-state index in [1.165, 1.54) is 13.0 Å². The van der Waals surface area contributed by atoms with E-state index in [0.717, 1.165) is 6.08 Å². The zero-order chi connectivity index (χ0) is 13.0. The van der Waals surface area contributed by atoms with Gasteiger partial charge in [-0.2, -0.15) is 0 Å². The lowest BCUT2D eigenvalue weighted by Crippen LogP contribution is -2.03. The number of carboxylic acid groups (broad SMARTS) is 1. The van der Waals surface area contributed by atoms with Gasteiger partial charge in [-0.3, -0.25) is 4.79 Å². The van der Waals surface area contributed by atoms with E-state index >= 15 is 0 Å². The molecule has 0 aliphatic rings. The van der Waals surface area contributed by atoms with Crippen LogP contribution >= 0.6 is 27.5 Å². The summed E-state index contributed by atoms with van der Waals surface area (Å²) in [7, 11) is 0. The molecular weight excluding hydrogens is 307 g/mol. The monoisotopic (exact) mass is 316 g/mol. The summed E-state index contributed by atoms with van der Waals surface area (Å²) in [5.74, 6) is -1.14. The molecule has 0 saturated carbocycles. The highest BCUT2D eigenvalue weighted by molar-refractivity contribution is 9.09. The Hall–Kier alpha value is -1.13. The fraction of sp³-hybridized carbons (Fsp3) is 0.167. The molecule has 0 radical (unpaired) electrons. The zero-order valence-corrected chi connectivity index (χ0v) is 11.3. The second-order valence-corrected chi connectivity index (χ2v) is 4.71. The number of hydrogen-bond donors (Lipinski definition) is 1. The first-order valence-electron chi connectivity index (χ1n) is 4.77. The van der Waals surface area contributed by atoms with Gasteiger partial charge in [-0.1, -0.05) is 39.7 Å². The van der Waals surface area contributed by atoms with E-state index in [1.54, 1.807) is 18.2 Å². The van der Waals surface area contributed by atoms with Crippen molar-refractivity contribution >= 4 is 45.4 Å². The molecule has 0 amide bonds. The molecule has 0 aliphatic carbocycles. The van der Waals surface area contributed by atoms with Gasteiger partial charge in [0.1, 0.15) is 5.78 Å². The number of hydrogen-bond acceptors (Lipinski definition) is 2. The number of halogens is 2. The molecule has 5 heteroatoms. The van der Waals surface area contributed by atoms with E-state index in [1.807, 2.05) is 0 Å². The van der Waals surface area contributed by atoms with E-state index in [9.17, 15) is 9.59 Å². The number of rotatable bonds is 4. The number of carbonyl (C=O) groups is 2. The molecule has 17 heavy (non-hydrogen) atoms. The van der Waals surface area contributed by atoms with Crippen LogP contribution in [0.2, 0.25) is 5.02 Å². The van der Waals surface area contributed by atoms with Crippen molar-refractivity contribution in [3.63, 3.8) is 0 Å². The number of alkyl halides is 1. The van der Waals surface area contributed by atoms with Crippen molar-refractivity contribution in [1.82, 2.24) is 0 Å². The smallest absolute Gasteiger partial charge is 0.328 e. The van der Waals surface area contributed by atoms with Crippen molar-refractivity contribution in [3.05, 3.63) is 40.4 Å². The molecule has 1 aromatic carbocycles. The predicted molar refractivity (Wildman–Crippen MR) is 70.5 cm³/mol. The van der Waals surface area contributed by atoms with E-state index in [4.69, 9.17) is 16.7 Å². The SMILES string of the molecule is CC(=O)C(Br)c1cccc(Cl)c1C=CC(=O)O. The summed E-state index contributed by atoms with van der Waals surface area (Å²) < 4.78 is 0. The van der Waals surface area contributed by atoms with Crippen molar-refractivity contribution in [1.29, 1.82) is 0 Å². The first-order valence-corrected chi connectivity index (χ1v) is 6.06. The topological polar surface area (TPSA) is 54.4 Å². The molecule has 1 rings (SSSR count). The van der Waals surface area contributed by atoms with Gasteiger partial charge in [0.05, 0.1) is 4.83 Å². The summed E-state index contributed by atoms with van der Waals surface area (Å²) in [6, 6.07) is 5.09. The lowest BCUT2D eigenvalue weighted by atomic mass is 10.0. The number of benzene rings is 1. The highest BCUT2D eigenvalue weighted by Gasteiger charge is 2.17. The Morgan fingerprint density at radius 2 is 2.12 bits per heavy atom. The number of ketones is 1. The molecule has 0 aromatic heterocycles. The molecular formula is C12H10BrClO3. The lowest BCUT2D eigenvalue weighted by molar-refractivity contribution is -0.131. The molecule has 0 spiro atoms. The van der Waals surface area contributed by atoms with E-state index < -0.39 is 10.8 Å². The first-order chi connectivity index (χ1) is 7.93. The molecule has 0 fully saturated rings. The van der Waals surface area contributed by atoms with Crippen LogP contribution in [0.1, 0.15) is 22.9 Å². The Morgan fingerprint density at radius 3 is 2.65 bits per heavy atom. The summed E-state index contributed by atoms with van der Waals surface area (Å²) in [6.45, 7) is 1.45. The van der Waals surface area contributed by atoms with Crippen molar-refractivity contribution in [3.8, 4) is 0 Å². The Morgan fingerprint density at radius 1 is 1.47 bits per heavy atom. The van der Waals surface area contributed by atoms with Crippen molar-refractivity contribution in [2.75, 3.05) is 0 Å². The highest BCUT2D eigenvalue weighted by atomic mass is 79.9.